The van der Waals surface area contributed by atoms with Crippen molar-refractivity contribution in [3.8, 4) is 11.8 Å². The molecule has 1 heterocycles. The Labute approximate surface area is 115 Å². The van der Waals surface area contributed by atoms with E-state index in [-0.39, 0.29) is 29.6 Å². The Kier molecular flexibility index (Phi) is 3.17. The summed E-state index contributed by atoms with van der Waals surface area (Å²) in [5, 5.41) is 5.94. The van der Waals surface area contributed by atoms with Crippen LogP contribution in [0, 0.1) is 23.6 Å². The van der Waals surface area contributed by atoms with Crippen molar-refractivity contribution >= 4 is 17.5 Å². The van der Waals surface area contributed by atoms with Crippen LogP contribution in [0.5, 0.6) is 0 Å². The van der Waals surface area contributed by atoms with Gasteiger partial charge in [0.2, 0.25) is 5.91 Å². The molecule has 1 fully saturated rings. The third kappa shape index (κ3) is 2.32. The largest absolute Gasteiger partial charge is 0.351 e. The number of nitrogens with one attached hydrogen (secondary N) is 2. The van der Waals surface area contributed by atoms with Gasteiger partial charge in [-0.05, 0) is 12.5 Å². The van der Waals surface area contributed by atoms with Crippen molar-refractivity contribution < 1.29 is 9.18 Å². The molecule has 1 amide bonds. The maximum Gasteiger partial charge on any atom is 0.237 e. The van der Waals surface area contributed by atoms with Gasteiger partial charge < -0.3 is 5.32 Å². The van der Waals surface area contributed by atoms with Crippen LogP contribution in [-0.4, -0.2) is 18.0 Å². The first kappa shape index (κ1) is 12.5. The van der Waals surface area contributed by atoms with E-state index < -0.39 is 5.82 Å². The second-order valence-electron chi connectivity index (χ2n) is 4.76. The van der Waals surface area contributed by atoms with E-state index in [1.807, 2.05) is 0 Å². The Morgan fingerprint density at radius 2 is 2.37 bits per heavy atom. The molecular formula is C14H12ClFN2O. The van der Waals surface area contributed by atoms with Crippen LogP contribution in [0.2, 0.25) is 5.02 Å². The second-order valence-corrected chi connectivity index (χ2v) is 5.17. The molecule has 0 aromatic heterocycles. The summed E-state index contributed by atoms with van der Waals surface area (Å²) in [4.78, 5) is 11.9. The summed E-state index contributed by atoms with van der Waals surface area (Å²) < 4.78 is 13.6. The van der Waals surface area contributed by atoms with Crippen LogP contribution in [0.15, 0.2) is 18.2 Å². The minimum atomic E-state index is -0.479. The molecule has 3 nitrogen and oxygen atoms in total. The first-order chi connectivity index (χ1) is 9.15. The molecule has 2 N–H and O–H groups in total. The minimum Gasteiger partial charge on any atom is -0.351 e. The molecule has 0 saturated carbocycles. The lowest BCUT2D eigenvalue weighted by Crippen LogP contribution is -2.42. The molecule has 1 saturated heterocycles. The number of fused-ring (bicyclic) bond motifs is 1. The molecule has 5 heteroatoms. The molecule has 0 spiro atoms. The van der Waals surface area contributed by atoms with Crippen LogP contribution in [0.3, 0.4) is 0 Å². The average Bonchev–Trinajstić information content (AvgIpc) is 2.67. The van der Waals surface area contributed by atoms with Gasteiger partial charge in [-0.15, -0.1) is 0 Å². The van der Waals surface area contributed by atoms with Gasteiger partial charge in [0.25, 0.3) is 0 Å². The maximum atomic E-state index is 13.6. The summed E-state index contributed by atoms with van der Waals surface area (Å²) in [6.07, 6.45) is 0.724. The molecule has 0 unspecified atom stereocenters. The van der Waals surface area contributed by atoms with Gasteiger partial charge >= 0.3 is 0 Å². The van der Waals surface area contributed by atoms with Crippen molar-refractivity contribution in [3.05, 3.63) is 34.6 Å². The molecule has 1 aliphatic heterocycles. The van der Waals surface area contributed by atoms with Gasteiger partial charge in [-0.25, -0.2) is 4.39 Å². The molecule has 1 aliphatic carbocycles. The van der Waals surface area contributed by atoms with Crippen LogP contribution in [0.1, 0.15) is 12.0 Å². The van der Waals surface area contributed by atoms with E-state index in [1.54, 1.807) is 12.1 Å². The van der Waals surface area contributed by atoms with Crippen molar-refractivity contribution in [2.75, 3.05) is 0 Å². The van der Waals surface area contributed by atoms with E-state index in [0.29, 0.717) is 11.5 Å². The van der Waals surface area contributed by atoms with Crippen molar-refractivity contribution in [2.24, 2.45) is 5.92 Å². The highest BCUT2D eigenvalue weighted by molar-refractivity contribution is 6.30. The molecule has 98 valence electrons. The monoisotopic (exact) mass is 278 g/mol. The number of rotatable bonds is 3. The standard InChI is InChI=1S/C14H12ClFN2O/c15-10-3-1-2-9(13(10)16)7-17-14(19)12-6-8-4-5-11(8)18-12/h1-3,8,11-12,18H,6-7H2,(H,17,19)/t8-,11-,12+/m1/s1. The number of hydrogen-bond donors (Lipinski definition) is 2. The van der Waals surface area contributed by atoms with E-state index in [2.05, 4.69) is 22.5 Å². The second kappa shape index (κ2) is 4.84. The van der Waals surface area contributed by atoms with E-state index in [4.69, 9.17) is 11.6 Å². The van der Waals surface area contributed by atoms with E-state index in [0.717, 1.165) is 6.42 Å². The Morgan fingerprint density at radius 1 is 1.53 bits per heavy atom. The predicted molar refractivity (Wildman–Crippen MR) is 69.9 cm³/mol. The third-order valence-corrected chi connectivity index (χ3v) is 3.79. The van der Waals surface area contributed by atoms with E-state index >= 15 is 0 Å². The summed E-state index contributed by atoms with van der Waals surface area (Å²) in [6.45, 7) is 0.138. The van der Waals surface area contributed by atoms with Crippen LogP contribution in [0.25, 0.3) is 0 Å². The van der Waals surface area contributed by atoms with Crippen LogP contribution >= 0.6 is 11.6 Å². The van der Waals surface area contributed by atoms with Gasteiger partial charge in [-0.3, -0.25) is 10.1 Å². The highest BCUT2D eigenvalue weighted by atomic mass is 35.5. The van der Waals surface area contributed by atoms with Crippen molar-refractivity contribution in [1.82, 2.24) is 10.6 Å². The molecule has 2 aliphatic rings. The smallest absolute Gasteiger partial charge is 0.237 e. The number of amides is 1. The highest BCUT2D eigenvalue weighted by Gasteiger charge is 2.38. The van der Waals surface area contributed by atoms with Crippen molar-refractivity contribution in [1.29, 1.82) is 0 Å². The Balaban J connectivity index is 1.57. The summed E-state index contributed by atoms with van der Waals surface area (Å²) in [7, 11) is 0. The molecule has 3 atom stereocenters. The molecule has 0 bridgehead atoms. The van der Waals surface area contributed by atoms with E-state index in [9.17, 15) is 9.18 Å². The number of benzene rings is 1. The fourth-order valence-corrected chi connectivity index (χ4v) is 2.54. The van der Waals surface area contributed by atoms with Gasteiger partial charge in [0.1, 0.15) is 5.82 Å². The average molecular weight is 279 g/mol. The van der Waals surface area contributed by atoms with Crippen LogP contribution < -0.4 is 10.6 Å². The lowest BCUT2D eigenvalue weighted by atomic mass is 9.93. The maximum absolute atomic E-state index is 13.6. The summed E-state index contributed by atoms with van der Waals surface area (Å²) >= 11 is 5.69. The number of hydrogen-bond acceptors (Lipinski definition) is 2. The summed E-state index contributed by atoms with van der Waals surface area (Å²) in [5.74, 6) is 5.66. The summed E-state index contributed by atoms with van der Waals surface area (Å²) in [5.41, 5.74) is 0.387. The number of carbonyl (C=O) groups is 1. The summed E-state index contributed by atoms with van der Waals surface area (Å²) in [6, 6.07) is 4.65. The normalized spacial score (nSPS) is 26.9. The Hall–Kier alpha value is -1.57. The minimum absolute atomic E-state index is 0.0668. The first-order valence-corrected chi connectivity index (χ1v) is 6.50. The van der Waals surface area contributed by atoms with Crippen LogP contribution in [-0.2, 0) is 11.3 Å². The first-order valence-electron chi connectivity index (χ1n) is 6.13. The van der Waals surface area contributed by atoms with Gasteiger partial charge in [0, 0.05) is 18.0 Å². The molecule has 1 aromatic carbocycles. The topological polar surface area (TPSA) is 41.1 Å². The fourth-order valence-electron chi connectivity index (χ4n) is 2.35. The van der Waals surface area contributed by atoms with Gasteiger partial charge in [-0.1, -0.05) is 35.6 Å². The molecule has 1 aromatic rings. The SMILES string of the molecule is O=C(NCc1cccc(Cl)c1F)[C@@H]1C[C@H]2C#C[C@H]2N1. The van der Waals surface area contributed by atoms with Crippen LogP contribution in [0.4, 0.5) is 4.39 Å². The highest BCUT2D eigenvalue weighted by Crippen LogP contribution is 2.25. The van der Waals surface area contributed by atoms with Crippen molar-refractivity contribution in [3.63, 3.8) is 0 Å². The lowest BCUT2D eigenvalue weighted by molar-refractivity contribution is -0.123. The zero-order valence-electron chi connectivity index (χ0n) is 10.0. The predicted octanol–water partition coefficient (Wildman–Crippen LogP) is 1.46. The van der Waals surface area contributed by atoms with Gasteiger partial charge in [0.05, 0.1) is 17.1 Å². The zero-order chi connectivity index (χ0) is 13.4. The van der Waals surface area contributed by atoms with Gasteiger partial charge in [0.15, 0.2) is 0 Å². The lowest BCUT2D eigenvalue weighted by Gasteiger charge is -2.14. The van der Waals surface area contributed by atoms with Gasteiger partial charge in [-0.2, -0.15) is 0 Å². The van der Waals surface area contributed by atoms with E-state index in [1.165, 1.54) is 6.07 Å². The number of carbonyl (C=O) groups excluding carboxylic acids is 1. The van der Waals surface area contributed by atoms with Crippen molar-refractivity contribution in [2.45, 2.75) is 25.0 Å². The molecular weight excluding hydrogens is 267 g/mol. The third-order valence-electron chi connectivity index (χ3n) is 3.50. The quantitative estimate of drug-likeness (QED) is 0.822. The Morgan fingerprint density at radius 3 is 3.00 bits per heavy atom. The molecule has 3 rings (SSSR count). The molecule has 0 radical (unpaired) electrons. The molecule has 19 heavy (non-hydrogen) atoms. The zero-order valence-corrected chi connectivity index (χ0v) is 10.8. The number of halogens is 2. The Bertz CT molecular complexity index is 577. The fraction of sp³-hybridized carbons (Fsp3) is 0.357.